The number of benzene rings is 1. The minimum Gasteiger partial charge on any atom is -0.346 e. The maximum Gasteiger partial charge on any atom is 0.251 e. The van der Waals surface area contributed by atoms with E-state index >= 15 is 0 Å². The fourth-order valence-corrected chi connectivity index (χ4v) is 1.68. The molecule has 1 aromatic heterocycles. The molecule has 0 radical (unpaired) electrons. The number of nitrogens with zero attached hydrogens (tertiary/aromatic N) is 3. The average Bonchev–Trinajstić information content (AvgIpc) is 2.88. The normalized spacial score (nSPS) is 21.6. The lowest BCUT2D eigenvalue weighted by atomic mass is 10.2. The zero-order valence-corrected chi connectivity index (χ0v) is 9.45. The lowest BCUT2D eigenvalue weighted by Gasteiger charge is -2.05. The van der Waals surface area contributed by atoms with Gasteiger partial charge in [0, 0.05) is 17.7 Å². The number of nitrogens with one attached hydrogen (secondary N) is 1. The predicted octanol–water partition coefficient (Wildman–Crippen LogP) is 1.11. The Morgan fingerprint density at radius 1 is 1.28 bits per heavy atom. The van der Waals surface area contributed by atoms with Gasteiger partial charge in [0.15, 0.2) is 0 Å². The highest BCUT2D eigenvalue weighted by atomic mass is 19.1. The summed E-state index contributed by atoms with van der Waals surface area (Å²) in [6, 6.07) is 6.66. The van der Waals surface area contributed by atoms with Crippen LogP contribution in [0.25, 0.3) is 5.69 Å². The zero-order chi connectivity index (χ0) is 12.5. The van der Waals surface area contributed by atoms with Crippen LogP contribution in [0.4, 0.5) is 4.39 Å². The van der Waals surface area contributed by atoms with Crippen molar-refractivity contribution in [2.24, 2.45) is 0 Å². The van der Waals surface area contributed by atoms with Crippen LogP contribution in [-0.4, -0.2) is 32.9 Å². The van der Waals surface area contributed by atoms with Crippen molar-refractivity contribution in [2.45, 2.75) is 18.6 Å². The minimum atomic E-state index is -0.884. The molecule has 1 amide bonds. The van der Waals surface area contributed by atoms with Crippen molar-refractivity contribution in [1.82, 2.24) is 20.1 Å². The van der Waals surface area contributed by atoms with E-state index < -0.39 is 6.17 Å². The summed E-state index contributed by atoms with van der Waals surface area (Å²) in [4.78, 5) is 11.7. The number of rotatable bonds is 3. The number of halogens is 1. The van der Waals surface area contributed by atoms with Crippen LogP contribution in [0.2, 0.25) is 0 Å². The van der Waals surface area contributed by atoms with E-state index in [1.54, 1.807) is 41.5 Å². The minimum absolute atomic E-state index is 0.240. The summed E-state index contributed by atoms with van der Waals surface area (Å²) >= 11 is 0. The fraction of sp³-hybridized carbons (Fsp3) is 0.250. The summed E-state index contributed by atoms with van der Waals surface area (Å²) in [6.07, 6.45) is 2.69. The molecule has 1 saturated carbocycles. The van der Waals surface area contributed by atoms with Gasteiger partial charge >= 0.3 is 0 Å². The first kappa shape index (κ1) is 10.9. The van der Waals surface area contributed by atoms with Crippen molar-refractivity contribution in [3.8, 4) is 5.69 Å². The molecule has 1 heterocycles. The van der Waals surface area contributed by atoms with E-state index in [0.29, 0.717) is 12.0 Å². The van der Waals surface area contributed by atoms with Crippen LogP contribution in [0.5, 0.6) is 0 Å². The molecule has 6 heteroatoms. The lowest BCUT2D eigenvalue weighted by molar-refractivity contribution is 0.0947. The molecule has 2 aromatic rings. The maximum atomic E-state index is 12.7. The number of carbonyl (C=O) groups excluding carboxylic acids is 1. The molecule has 0 unspecified atom stereocenters. The molecular weight excluding hydrogens is 235 g/mol. The SMILES string of the molecule is O=C(N[C@@H]1C[C@@H]1F)c1ccc(-n2cnnc2)cc1. The molecule has 1 aliphatic carbocycles. The van der Waals surface area contributed by atoms with Gasteiger partial charge in [0.05, 0.1) is 6.04 Å². The summed E-state index contributed by atoms with van der Waals surface area (Å²) in [5.41, 5.74) is 1.39. The largest absolute Gasteiger partial charge is 0.346 e. The van der Waals surface area contributed by atoms with Gasteiger partial charge in [-0.3, -0.25) is 9.36 Å². The van der Waals surface area contributed by atoms with Gasteiger partial charge < -0.3 is 5.32 Å². The van der Waals surface area contributed by atoms with Gasteiger partial charge in [-0.25, -0.2) is 4.39 Å². The molecule has 1 fully saturated rings. The predicted molar refractivity (Wildman–Crippen MR) is 62.1 cm³/mol. The molecule has 5 nitrogen and oxygen atoms in total. The quantitative estimate of drug-likeness (QED) is 0.882. The van der Waals surface area contributed by atoms with E-state index in [2.05, 4.69) is 15.5 Å². The summed E-state index contributed by atoms with van der Waals surface area (Å²) in [7, 11) is 0. The number of hydrogen-bond acceptors (Lipinski definition) is 3. The Morgan fingerprint density at radius 2 is 1.89 bits per heavy atom. The van der Waals surface area contributed by atoms with Crippen molar-refractivity contribution in [3.05, 3.63) is 42.5 Å². The van der Waals surface area contributed by atoms with Crippen LogP contribution in [0.1, 0.15) is 16.8 Å². The number of carbonyl (C=O) groups is 1. The van der Waals surface area contributed by atoms with Crippen LogP contribution >= 0.6 is 0 Å². The smallest absolute Gasteiger partial charge is 0.251 e. The molecule has 92 valence electrons. The van der Waals surface area contributed by atoms with Crippen LogP contribution in [0.15, 0.2) is 36.9 Å². The highest BCUT2D eigenvalue weighted by molar-refractivity contribution is 5.94. The molecule has 0 aliphatic heterocycles. The molecular formula is C12H11FN4O. The van der Waals surface area contributed by atoms with Crippen LogP contribution in [0, 0.1) is 0 Å². The van der Waals surface area contributed by atoms with Gasteiger partial charge in [-0.15, -0.1) is 10.2 Å². The van der Waals surface area contributed by atoms with E-state index in [-0.39, 0.29) is 11.9 Å². The van der Waals surface area contributed by atoms with Crippen LogP contribution in [-0.2, 0) is 0 Å². The van der Waals surface area contributed by atoms with Gasteiger partial charge in [-0.2, -0.15) is 0 Å². The maximum absolute atomic E-state index is 12.7. The van der Waals surface area contributed by atoms with E-state index in [1.165, 1.54) is 0 Å². The Hall–Kier alpha value is -2.24. The number of alkyl halides is 1. The third-order valence-electron chi connectivity index (χ3n) is 2.88. The van der Waals surface area contributed by atoms with Gasteiger partial charge in [-0.1, -0.05) is 0 Å². The molecule has 18 heavy (non-hydrogen) atoms. The Balaban J connectivity index is 1.72. The second kappa shape index (κ2) is 4.21. The van der Waals surface area contributed by atoms with Gasteiger partial charge in [0.1, 0.15) is 18.8 Å². The highest BCUT2D eigenvalue weighted by Crippen LogP contribution is 2.25. The summed E-state index contributed by atoms with van der Waals surface area (Å²) in [5, 5.41) is 10.0. The van der Waals surface area contributed by atoms with Crippen molar-refractivity contribution >= 4 is 5.91 Å². The summed E-state index contributed by atoms with van der Waals surface area (Å²) < 4.78 is 14.4. The average molecular weight is 246 g/mol. The molecule has 0 spiro atoms. The molecule has 1 aliphatic rings. The van der Waals surface area contributed by atoms with Crippen molar-refractivity contribution < 1.29 is 9.18 Å². The lowest BCUT2D eigenvalue weighted by Crippen LogP contribution is -2.27. The van der Waals surface area contributed by atoms with Crippen molar-refractivity contribution in [3.63, 3.8) is 0 Å². The van der Waals surface area contributed by atoms with E-state index in [0.717, 1.165) is 5.69 Å². The second-order valence-electron chi connectivity index (χ2n) is 4.25. The molecule has 0 saturated heterocycles. The topological polar surface area (TPSA) is 59.8 Å². The summed E-state index contributed by atoms with van der Waals surface area (Å²) in [6.45, 7) is 0. The third kappa shape index (κ3) is 2.09. The van der Waals surface area contributed by atoms with Crippen LogP contribution < -0.4 is 5.32 Å². The van der Waals surface area contributed by atoms with Crippen molar-refractivity contribution in [1.29, 1.82) is 0 Å². The second-order valence-corrected chi connectivity index (χ2v) is 4.25. The van der Waals surface area contributed by atoms with Gasteiger partial charge in [-0.05, 0) is 24.3 Å². The Bertz CT molecular complexity index is 552. The first-order chi connectivity index (χ1) is 8.74. The standard InChI is InChI=1S/C12H11FN4O/c13-10-5-11(10)16-12(18)8-1-3-9(4-2-8)17-6-14-15-7-17/h1-4,6-7,10-11H,5H2,(H,16,18)/t10-,11+/m0/s1. The van der Waals surface area contributed by atoms with Gasteiger partial charge in [0.25, 0.3) is 5.91 Å². The molecule has 1 N–H and O–H groups in total. The number of amides is 1. The first-order valence-corrected chi connectivity index (χ1v) is 5.64. The van der Waals surface area contributed by atoms with Gasteiger partial charge in [0.2, 0.25) is 0 Å². The molecule has 1 aromatic carbocycles. The Kier molecular flexibility index (Phi) is 2.55. The monoisotopic (exact) mass is 246 g/mol. The molecule has 2 atom stereocenters. The zero-order valence-electron chi connectivity index (χ0n) is 9.45. The Morgan fingerprint density at radius 3 is 2.44 bits per heavy atom. The number of aromatic nitrogens is 3. The van der Waals surface area contributed by atoms with E-state index in [4.69, 9.17) is 0 Å². The van der Waals surface area contributed by atoms with Crippen molar-refractivity contribution in [2.75, 3.05) is 0 Å². The number of hydrogen-bond donors (Lipinski definition) is 1. The molecule has 0 bridgehead atoms. The van der Waals surface area contributed by atoms with Crippen LogP contribution in [0.3, 0.4) is 0 Å². The fourth-order valence-electron chi connectivity index (χ4n) is 1.68. The summed E-state index contributed by atoms with van der Waals surface area (Å²) in [5.74, 6) is -0.240. The van der Waals surface area contributed by atoms with E-state index in [9.17, 15) is 9.18 Å². The first-order valence-electron chi connectivity index (χ1n) is 5.64. The molecule has 3 rings (SSSR count). The Labute approximate surface area is 103 Å². The van der Waals surface area contributed by atoms with E-state index in [1.807, 2.05) is 0 Å². The highest BCUT2D eigenvalue weighted by Gasteiger charge is 2.38. The third-order valence-corrected chi connectivity index (χ3v) is 2.88.